The molecule has 8 heteroatoms. The van der Waals surface area contributed by atoms with Gasteiger partial charge in [0, 0.05) is 6.04 Å². The first kappa shape index (κ1) is 16.1. The molecule has 0 radical (unpaired) electrons. The fraction of sp³-hybridized carbons (Fsp3) is 0.400. The van der Waals surface area contributed by atoms with Crippen molar-refractivity contribution in [3.05, 3.63) is 23.8 Å². The Kier molecular flexibility index (Phi) is 5.02. The van der Waals surface area contributed by atoms with Gasteiger partial charge in [-0.05, 0) is 31.0 Å². The number of thioether (sulfide) groups is 1. The Balaban J connectivity index is 1.63. The van der Waals surface area contributed by atoms with Crippen LogP contribution in [0.5, 0.6) is 11.5 Å². The number of hydrogen-bond donors (Lipinski definition) is 1. The van der Waals surface area contributed by atoms with E-state index < -0.39 is 0 Å². The smallest absolute Gasteiger partial charge is 0.206 e. The van der Waals surface area contributed by atoms with Crippen LogP contribution >= 0.6 is 23.1 Å². The second-order valence-electron chi connectivity index (χ2n) is 5.07. The lowest BCUT2D eigenvalue weighted by atomic mass is 10.1. The summed E-state index contributed by atoms with van der Waals surface area (Å²) in [7, 11) is 3.12. The number of ether oxygens (including phenoxy) is 2. The largest absolute Gasteiger partial charge is 0.497 e. The van der Waals surface area contributed by atoms with Gasteiger partial charge in [-0.1, -0.05) is 23.1 Å². The van der Waals surface area contributed by atoms with Gasteiger partial charge in [-0.3, -0.25) is 4.79 Å². The zero-order valence-electron chi connectivity index (χ0n) is 12.9. The average molecular weight is 351 g/mol. The second kappa shape index (κ2) is 7.18. The molecule has 1 fully saturated rings. The number of methoxy groups -OCH3 is 2. The zero-order chi connectivity index (χ0) is 16.2. The summed E-state index contributed by atoms with van der Waals surface area (Å²) in [5, 5.41) is 12.3. The molecular formula is C15H17N3O3S2. The molecule has 122 valence electrons. The van der Waals surface area contributed by atoms with Crippen LogP contribution in [0.4, 0.5) is 5.13 Å². The molecule has 0 bridgehead atoms. The van der Waals surface area contributed by atoms with Crippen molar-refractivity contribution in [3.8, 4) is 11.5 Å². The molecule has 1 heterocycles. The fourth-order valence-corrected chi connectivity index (χ4v) is 3.68. The summed E-state index contributed by atoms with van der Waals surface area (Å²) in [5.74, 6) is 1.43. The van der Waals surface area contributed by atoms with Gasteiger partial charge in [0.1, 0.15) is 11.5 Å². The number of anilines is 1. The van der Waals surface area contributed by atoms with Crippen LogP contribution in [-0.4, -0.2) is 42.0 Å². The van der Waals surface area contributed by atoms with Gasteiger partial charge in [0.25, 0.3) is 0 Å². The Morgan fingerprint density at radius 2 is 2.17 bits per heavy atom. The summed E-state index contributed by atoms with van der Waals surface area (Å²) in [4.78, 5) is 12.4. The summed E-state index contributed by atoms with van der Waals surface area (Å²) >= 11 is 2.86. The summed E-state index contributed by atoms with van der Waals surface area (Å²) in [6.07, 6.45) is 2.38. The highest BCUT2D eigenvalue weighted by atomic mass is 32.2. The lowest BCUT2D eigenvalue weighted by Crippen LogP contribution is -2.05. The van der Waals surface area contributed by atoms with Crippen molar-refractivity contribution < 1.29 is 14.3 Å². The third kappa shape index (κ3) is 4.14. The number of carbonyl (C=O) groups excluding carboxylic acids is 1. The maximum Gasteiger partial charge on any atom is 0.206 e. The monoisotopic (exact) mass is 351 g/mol. The molecule has 1 saturated carbocycles. The van der Waals surface area contributed by atoms with Gasteiger partial charge in [-0.25, -0.2) is 0 Å². The van der Waals surface area contributed by atoms with Gasteiger partial charge in [-0.15, -0.1) is 10.2 Å². The van der Waals surface area contributed by atoms with Crippen molar-refractivity contribution in [3.63, 3.8) is 0 Å². The van der Waals surface area contributed by atoms with Gasteiger partial charge in [0.15, 0.2) is 10.1 Å². The van der Waals surface area contributed by atoms with E-state index in [-0.39, 0.29) is 11.5 Å². The molecule has 1 aliphatic carbocycles. The van der Waals surface area contributed by atoms with Crippen molar-refractivity contribution in [2.75, 3.05) is 25.3 Å². The summed E-state index contributed by atoms with van der Waals surface area (Å²) in [6, 6.07) is 5.74. The van der Waals surface area contributed by atoms with Crippen LogP contribution in [0, 0.1) is 0 Å². The fourth-order valence-electron chi connectivity index (χ4n) is 1.97. The van der Waals surface area contributed by atoms with Crippen molar-refractivity contribution in [1.29, 1.82) is 0 Å². The molecular weight excluding hydrogens is 334 g/mol. The standard InChI is InChI=1S/C15H17N3O3S2/c1-20-10-5-6-13(21-2)11(7-10)12(19)8-22-15-18-17-14(23-15)16-9-3-4-9/h5-7,9H,3-4,8H2,1-2H3,(H,16,17). The molecule has 3 rings (SSSR count). The van der Waals surface area contributed by atoms with E-state index >= 15 is 0 Å². The number of ketones is 1. The van der Waals surface area contributed by atoms with Crippen molar-refractivity contribution >= 4 is 34.0 Å². The van der Waals surface area contributed by atoms with Crippen molar-refractivity contribution in [2.24, 2.45) is 0 Å². The molecule has 0 spiro atoms. The second-order valence-corrected chi connectivity index (χ2v) is 7.27. The zero-order valence-corrected chi connectivity index (χ0v) is 14.5. The summed E-state index contributed by atoms with van der Waals surface area (Å²) in [6.45, 7) is 0. The Morgan fingerprint density at radius 1 is 1.35 bits per heavy atom. The predicted octanol–water partition coefficient (Wildman–Crippen LogP) is 3.10. The molecule has 1 aromatic carbocycles. The van der Waals surface area contributed by atoms with E-state index in [0.717, 1.165) is 9.47 Å². The van der Waals surface area contributed by atoms with Crippen LogP contribution in [0.25, 0.3) is 0 Å². The van der Waals surface area contributed by atoms with E-state index in [4.69, 9.17) is 9.47 Å². The summed E-state index contributed by atoms with van der Waals surface area (Å²) < 4.78 is 11.2. The Hall–Kier alpha value is -1.80. The number of rotatable bonds is 8. The van der Waals surface area contributed by atoms with E-state index in [1.807, 2.05) is 0 Å². The highest BCUT2D eigenvalue weighted by molar-refractivity contribution is 8.01. The Bertz CT molecular complexity index is 701. The minimum atomic E-state index is -0.0300. The Labute approximate surface area is 142 Å². The lowest BCUT2D eigenvalue weighted by Gasteiger charge is -2.09. The van der Waals surface area contributed by atoms with Crippen LogP contribution in [0.1, 0.15) is 23.2 Å². The average Bonchev–Trinajstić information content (AvgIpc) is 3.28. The molecule has 0 aliphatic heterocycles. The molecule has 23 heavy (non-hydrogen) atoms. The van der Waals surface area contributed by atoms with Gasteiger partial charge in [0.05, 0.1) is 25.5 Å². The van der Waals surface area contributed by atoms with Crippen LogP contribution in [0.3, 0.4) is 0 Å². The third-order valence-electron chi connectivity index (χ3n) is 3.35. The summed E-state index contributed by atoms with van der Waals surface area (Å²) in [5.41, 5.74) is 0.514. The highest BCUT2D eigenvalue weighted by Gasteiger charge is 2.22. The molecule has 2 aromatic rings. The number of Topliss-reactive ketones (excluding diaryl/α,β-unsaturated/α-hetero) is 1. The molecule has 6 nitrogen and oxygen atoms in total. The molecule has 1 N–H and O–H groups in total. The van der Waals surface area contributed by atoms with Crippen molar-refractivity contribution in [2.45, 2.75) is 23.2 Å². The van der Waals surface area contributed by atoms with Crippen LogP contribution < -0.4 is 14.8 Å². The molecule has 1 aliphatic rings. The van der Waals surface area contributed by atoms with E-state index in [0.29, 0.717) is 23.1 Å². The highest BCUT2D eigenvalue weighted by Crippen LogP contribution is 2.31. The van der Waals surface area contributed by atoms with Crippen LogP contribution in [0.15, 0.2) is 22.5 Å². The first-order chi connectivity index (χ1) is 11.2. The van der Waals surface area contributed by atoms with Gasteiger partial charge in [0.2, 0.25) is 5.13 Å². The molecule has 0 saturated heterocycles. The van der Waals surface area contributed by atoms with Gasteiger partial charge >= 0.3 is 0 Å². The molecule has 1 aromatic heterocycles. The van der Waals surface area contributed by atoms with E-state index in [1.54, 1.807) is 32.4 Å². The lowest BCUT2D eigenvalue weighted by molar-refractivity contribution is 0.101. The maximum absolute atomic E-state index is 12.4. The number of aromatic nitrogens is 2. The third-order valence-corrected chi connectivity index (χ3v) is 5.33. The molecule has 0 amide bonds. The predicted molar refractivity (Wildman–Crippen MR) is 91.2 cm³/mol. The van der Waals surface area contributed by atoms with E-state index in [1.165, 1.54) is 35.9 Å². The maximum atomic E-state index is 12.4. The number of hydrogen-bond acceptors (Lipinski definition) is 8. The number of benzene rings is 1. The van der Waals surface area contributed by atoms with Crippen molar-refractivity contribution in [1.82, 2.24) is 10.2 Å². The minimum Gasteiger partial charge on any atom is -0.497 e. The first-order valence-corrected chi connectivity index (χ1v) is 8.98. The number of nitrogens with one attached hydrogen (secondary N) is 1. The SMILES string of the molecule is COc1ccc(OC)c(C(=O)CSc2nnc(NC3CC3)s2)c1. The quantitative estimate of drug-likeness (QED) is 0.578. The van der Waals surface area contributed by atoms with Crippen LogP contribution in [-0.2, 0) is 0 Å². The van der Waals surface area contributed by atoms with E-state index in [9.17, 15) is 4.79 Å². The van der Waals surface area contributed by atoms with E-state index in [2.05, 4.69) is 15.5 Å². The first-order valence-electron chi connectivity index (χ1n) is 7.17. The number of carbonyl (C=O) groups is 1. The van der Waals surface area contributed by atoms with Crippen LogP contribution in [0.2, 0.25) is 0 Å². The normalized spacial score (nSPS) is 13.7. The topological polar surface area (TPSA) is 73.3 Å². The number of nitrogens with zero attached hydrogens (tertiary/aromatic N) is 2. The molecule has 0 unspecified atom stereocenters. The minimum absolute atomic E-state index is 0.0300. The Morgan fingerprint density at radius 3 is 2.87 bits per heavy atom. The van der Waals surface area contributed by atoms with Gasteiger partial charge < -0.3 is 14.8 Å². The molecule has 0 atom stereocenters. The van der Waals surface area contributed by atoms with Gasteiger partial charge in [-0.2, -0.15) is 0 Å².